The average Bonchev–Trinajstić information content (AvgIpc) is 2.61. The Bertz CT molecular complexity index is 823. The zero-order valence-corrected chi connectivity index (χ0v) is 14.1. The smallest absolute Gasteiger partial charge is 0.327 e. The topological polar surface area (TPSA) is 113 Å². The van der Waals surface area contributed by atoms with Crippen LogP contribution in [0.15, 0.2) is 60.7 Å². The van der Waals surface area contributed by atoms with Crippen LogP contribution in [0.5, 0.6) is 0 Å². The number of amides is 1. The van der Waals surface area contributed by atoms with Gasteiger partial charge in [0, 0.05) is 12.1 Å². The van der Waals surface area contributed by atoms with Crippen LogP contribution in [-0.2, 0) is 21.4 Å². The molecule has 3 N–H and O–H groups in total. The number of nitrogens with one attached hydrogen (secondary N) is 2. The van der Waals surface area contributed by atoms with Gasteiger partial charge >= 0.3 is 5.97 Å². The number of carboxylic acids is 1. The summed E-state index contributed by atoms with van der Waals surface area (Å²) in [4.78, 5) is 23.3. The number of carboxylic acid groups (broad SMARTS) is 1. The maximum atomic E-state index is 12.1. The van der Waals surface area contributed by atoms with Crippen molar-refractivity contribution in [2.75, 3.05) is 5.75 Å². The minimum atomic E-state index is -3.90. The van der Waals surface area contributed by atoms with Gasteiger partial charge in [-0.15, -0.1) is 0 Å². The Kier molecular flexibility index (Phi) is 6.26. The number of hydrogen-bond donors (Lipinski definition) is 3. The summed E-state index contributed by atoms with van der Waals surface area (Å²) in [5.41, 5.74) is 0.995. The van der Waals surface area contributed by atoms with Gasteiger partial charge in [-0.05, 0) is 17.7 Å². The number of aliphatic carboxylic acids is 1. The fraction of sp³-hybridized carbons (Fsp3) is 0.176. The van der Waals surface area contributed by atoms with E-state index < -0.39 is 33.7 Å². The largest absolute Gasteiger partial charge is 0.480 e. The van der Waals surface area contributed by atoms with E-state index in [9.17, 15) is 23.1 Å². The molecule has 0 saturated heterocycles. The fourth-order valence-electron chi connectivity index (χ4n) is 2.07. The molecule has 0 fully saturated rings. The first kappa shape index (κ1) is 18.6. The second-order valence-electron chi connectivity index (χ2n) is 5.32. The van der Waals surface area contributed by atoms with Gasteiger partial charge in [-0.2, -0.15) is 0 Å². The minimum absolute atomic E-state index is 0.0438. The summed E-state index contributed by atoms with van der Waals surface area (Å²) in [6.07, 6.45) is 0. The lowest BCUT2D eigenvalue weighted by Gasteiger charge is -2.15. The van der Waals surface area contributed by atoms with E-state index in [0.29, 0.717) is 0 Å². The number of benzene rings is 2. The average molecular weight is 362 g/mol. The van der Waals surface area contributed by atoms with Gasteiger partial charge in [-0.25, -0.2) is 17.9 Å². The molecule has 0 heterocycles. The van der Waals surface area contributed by atoms with E-state index in [-0.39, 0.29) is 12.1 Å². The lowest BCUT2D eigenvalue weighted by atomic mass is 10.2. The summed E-state index contributed by atoms with van der Waals surface area (Å²) < 4.78 is 26.6. The molecule has 0 saturated carbocycles. The maximum Gasteiger partial charge on any atom is 0.327 e. The van der Waals surface area contributed by atoms with Crippen molar-refractivity contribution in [2.24, 2.45) is 0 Å². The van der Waals surface area contributed by atoms with Gasteiger partial charge in [0.2, 0.25) is 10.0 Å². The van der Waals surface area contributed by atoms with Gasteiger partial charge in [-0.1, -0.05) is 48.5 Å². The predicted molar refractivity (Wildman–Crippen MR) is 92.4 cm³/mol. The summed E-state index contributed by atoms with van der Waals surface area (Å²) in [7, 11) is -3.90. The van der Waals surface area contributed by atoms with E-state index >= 15 is 0 Å². The summed E-state index contributed by atoms with van der Waals surface area (Å²) in [5.74, 6) is -2.83. The van der Waals surface area contributed by atoms with Crippen LogP contribution in [0, 0.1) is 0 Å². The SMILES string of the molecule is O=C(N[C@@H](CS(=O)(=O)NCc1ccccc1)C(=O)O)c1ccccc1. The molecule has 25 heavy (non-hydrogen) atoms. The first-order valence-corrected chi connectivity index (χ1v) is 9.12. The highest BCUT2D eigenvalue weighted by Crippen LogP contribution is 2.02. The second kappa shape index (κ2) is 8.41. The van der Waals surface area contributed by atoms with Crippen molar-refractivity contribution in [3.05, 3.63) is 71.8 Å². The number of sulfonamides is 1. The maximum absolute atomic E-state index is 12.1. The highest BCUT2D eigenvalue weighted by atomic mass is 32.2. The van der Waals surface area contributed by atoms with Crippen molar-refractivity contribution in [2.45, 2.75) is 12.6 Å². The molecule has 2 aromatic rings. The Labute approximate surface area is 145 Å². The lowest BCUT2D eigenvalue weighted by Crippen LogP contribution is -2.47. The number of hydrogen-bond acceptors (Lipinski definition) is 4. The third-order valence-corrected chi connectivity index (χ3v) is 4.72. The summed E-state index contributed by atoms with van der Waals surface area (Å²) in [6.45, 7) is 0.0438. The van der Waals surface area contributed by atoms with Crippen LogP contribution in [0.3, 0.4) is 0 Å². The summed E-state index contributed by atoms with van der Waals surface area (Å²) >= 11 is 0. The Morgan fingerprint density at radius 2 is 1.52 bits per heavy atom. The second-order valence-corrected chi connectivity index (χ2v) is 7.17. The van der Waals surface area contributed by atoms with Crippen molar-refractivity contribution < 1.29 is 23.1 Å². The minimum Gasteiger partial charge on any atom is -0.480 e. The molecule has 0 unspecified atom stereocenters. The first-order valence-electron chi connectivity index (χ1n) is 7.47. The van der Waals surface area contributed by atoms with Crippen molar-refractivity contribution in [3.63, 3.8) is 0 Å². The molecule has 1 atom stereocenters. The van der Waals surface area contributed by atoms with Crippen molar-refractivity contribution >= 4 is 21.9 Å². The molecule has 0 aromatic heterocycles. The molecular weight excluding hydrogens is 344 g/mol. The van der Waals surface area contributed by atoms with Gasteiger partial charge in [0.25, 0.3) is 5.91 Å². The van der Waals surface area contributed by atoms with E-state index in [2.05, 4.69) is 10.0 Å². The van der Waals surface area contributed by atoms with Crippen LogP contribution in [0.2, 0.25) is 0 Å². The molecule has 0 aliphatic rings. The summed E-state index contributed by atoms with van der Waals surface area (Å²) in [5, 5.41) is 11.4. The molecule has 8 heteroatoms. The van der Waals surface area contributed by atoms with Crippen LogP contribution in [0.4, 0.5) is 0 Å². The van der Waals surface area contributed by atoms with E-state index in [0.717, 1.165) is 5.56 Å². The Balaban J connectivity index is 2.00. The molecule has 132 valence electrons. The van der Waals surface area contributed by atoms with Crippen LogP contribution < -0.4 is 10.0 Å². The number of rotatable bonds is 8. The molecule has 2 rings (SSSR count). The molecule has 0 aliphatic heterocycles. The van der Waals surface area contributed by atoms with Gasteiger partial charge in [0.05, 0.1) is 5.75 Å². The molecule has 0 bridgehead atoms. The lowest BCUT2D eigenvalue weighted by molar-refractivity contribution is -0.138. The van der Waals surface area contributed by atoms with Crippen LogP contribution in [0.25, 0.3) is 0 Å². The standard InChI is InChI=1S/C17H18N2O5S/c20-16(14-9-5-2-6-10-14)19-15(17(21)22)12-25(23,24)18-11-13-7-3-1-4-8-13/h1-10,15,18H,11-12H2,(H,19,20)(H,21,22)/t15-/m0/s1. The zero-order chi connectivity index (χ0) is 18.3. The summed E-state index contributed by atoms with van der Waals surface area (Å²) in [6, 6.07) is 15.3. The van der Waals surface area contributed by atoms with E-state index in [1.54, 1.807) is 48.5 Å². The molecular formula is C17H18N2O5S. The number of carbonyl (C=O) groups excluding carboxylic acids is 1. The molecule has 2 aromatic carbocycles. The van der Waals surface area contributed by atoms with Crippen molar-refractivity contribution in [1.82, 2.24) is 10.0 Å². The normalized spacial score (nSPS) is 12.3. The third kappa shape index (κ3) is 6.02. The fourth-order valence-corrected chi connectivity index (χ4v) is 3.24. The monoisotopic (exact) mass is 362 g/mol. The Morgan fingerprint density at radius 1 is 0.960 bits per heavy atom. The predicted octanol–water partition coefficient (Wildman–Crippen LogP) is 0.989. The van der Waals surface area contributed by atoms with Crippen LogP contribution in [-0.4, -0.2) is 37.2 Å². The Hall–Kier alpha value is -2.71. The van der Waals surface area contributed by atoms with E-state index in [1.807, 2.05) is 0 Å². The van der Waals surface area contributed by atoms with Gasteiger partial charge in [0.15, 0.2) is 0 Å². The van der Waals surface area contributed by atoms with Crippen molar-refractivity contribution in [3.8, 4) is 0 Å². The molecule has 0 radical (unpaired) electrons. The molecule has 7 nitrogen and oxygen atoms in total. The molecule has 0 aliphatic carbocycles. The van der Waals surface area contributed by atoms with Crippen molar-refractivity contribution in [1.29, 1.82) is 0 Å². The van der Waals surface area contributed by atoms with E-state index in [1.165, 1.54) is 12.1 Å². The molecule has 1 amide bonds. The van der Waals surface area contributed by atoms with Crippen LogP contribution >= 0.6 is 0 Å². The zero-order valence-electron chi connectivity index (χ0n) is 13.3. The highest BCUT2D eigenvalue weighted by molar-refractivity contribution is 7.89. The van der Waals surface area contributed by atoms with E-state index in [4.69, 9.17) is 0 Å². The van der Waals surface area contributed by atoms with Gasteiger partial charge < -0.3 is 10.4 Å². The van der Waals surface area contributed by atoms with Crippen LogP contribution in [0.1, 0.15) is 15.9 Å². The first-order chi connectivity index (χ1) is 11.9. The van der Waals surface area contributed by atoms with Gasteiger partial charge in [-0.3, -0.25) is 4.79 Å². The Morgan fingerprint density at radius 3 is 2.08 bits per heavy atom. The van der Waals surface area contributed by atoms with Gasteiger partial charge in [0.1, 0.15) is 6.04 Å². The number of carbonyl (C=O) groups is 2. The molecule has 0 spiro atoms. The third-order valence-electron chi connectivity index (χ3n) is 3.36. The highest BCUT2D eigenvalue weighted by Gasteiger charge is 2.27. The quantitative estimate of drug-likeness (QED) is 0.648.